The molecule has 2 amide bonds. The molecule has 2 unspecified atom stereocenters. The number of carbonyl (C=O) groups excluding carboxylic acids is 2. The van der Waals surface area contributed by atoms with Crippen LogP contribution < -0.4 is 30.3 Å². The summed E-state index contributed by atoms with van der Waals surface area (Å²) in [5, 5.41) is 25.7. The molecule has 396 valence electrons. The summed E-state index contributed by atoms with van der Waals surface area (Å²) >= 11 is 1.47. The Labute approximate surface area is 438 Å². The predicted molar refractivity (Wildman–Crippen MR) is 281 cm³/mol. The van der Waals surface area contributed by atoms with Crippen molar-refractivity contribution in [3.05, 3.63) is 102 Å². The quantitative estimate of drug-likeness (QED) is 0.0745. The number of phenolic OH excluding ortho intramolecular Hbond substituents is 1. The highest BCUT2D eigenvalue weighted by molar-refractivity contribution is 7.13. The molecule has 6 aromatic rings. The number of aryl methyl sites for hydroxylation is 1. The van der Waals surface area contributed by atoms with Gasteiger partial charge in [-0.2, -0.15) is 0 Å². The summed E-state index contributed by atoms with van der Waals surface area (Å²) in [6, 6.07) is 19.6. The van der Waals surface area contributed by atoms with Crippen molar-refractivity contribution in [2.24, 2.45) is 5.92 Å². The molecule has 0 radical (unpaired) electrons. The van der Waals surface area contributed by atoms with Crippen LogP contribution in [-0.4, -0.2) is 154 Å². The zero-order valence-corrected chi connectivity index (χ0v) is 43.2. The van der Waals surface area contributed by atoms with Gasteiger partial charge < -0.3 is 44.9 Å². The van der Waals surface area contributed by atoms with Crippen LogP contribution in [0.5, 0.6) is 17.5 Å². The van der Waals surface area contributed by atoms with Gasteiger partial charge in [-0.1, -0.05) is 50.2 Å². The molecule has 4 aliphatic heterocycles. The number of benzene rings is 2. The van der Waals surface area contributed by atoms with E-state index < -0.39 is 30.3 Å². The summed E-state index contributed by atoms with van der Waals surface area (Å²) < 4.78 is 46.9. The molecule has 4 N–H and O–H groups in total. The number of alkyl halides is 2. The van der Waals surface area contributed by atoms with E-state index in [0.29, 0.717) is 67.9 Å². The minimum Gasteiger partial charge on any atom is -0.507 e. The first-order valence-electron chi connectivity index (χ1n) is 25.9. The lowest BCUT2D eigenvalue weighted by atomic mass is 9.91. The molecule has 0 saturated carbocycles. The maximum atomic E-state index is 14.5. The lowest BCUT2D eigenvalue weighted by Crippen LogP contribution is -2.54. The van der Waals surface area contributed by atoms with Gasteiger partial charge >= 0.3 is 0 Å². The van der Waals surface area contributed by atoms with Crippen molar-refractivity contribution in [1.82, 2.24) is 45.3 Å². The molecule has 0 spiro atoms. The summed E-state index contributed by atoms with van der Waals surface area (Å²) in [7, 11) is 0. The lowest BCUT2D eigenvalue weighted by molar-refractivity contribution is -0.141. The summed E-state index contributed by atoms with van der Waals surface area (Å²) in [4.78, 5) is 48.6. The molecule has 2 aromatic carbocycles. The Balaban J connectivity index is 0.657. The summed E-state index contributed by atoms with van der Waals surface area (Å²) in [5.41, 5.74) is 13.2. The number of pyridine rings is 1. The van der Waals surface area contributed by atoms with Gasteiger partial charge in [-0.15, -0.1) is 21.5 Å². The first kappa shape index (κ1) is 51.5. The normalized spacial score (nSPS) is 20.0. The fourth-order valence-electron chi connectivity index (χ4n) is 11.1. The zero-order valence-electron chi connectivity index (χ0n) is 42.4. The number of nitrogens with zero attached hydrogens (tertiary/aromatic N) is 10. The minimum absolute atomic E-state index is 0.149. The number of carbonyl (C=O) groups is 2. The third kappa shape index (κ3) is 11.5. The Morgan fingerprint density at radius 2 is 1.59 bits per heavy atom. The summed E-state index contributed by atoms with van der Waals surface area (Å²) in [5.74, 6) is -0.181. The van der Waals surface area contributed by atoms with Crippen molar-refractivity contribution in [3.8, 4) is 39.2 Å². The average Bonchev–Trinajstić information content (AvgIpc) is 4.24. The standard InChI is InChI=1S/C54H64F2N12O6S/c1-33(2)48(54(71)67-18-6-8-42(67)53(70)60-49(51(55)56)35-10-12-36(13-11-35)50-34(3)59-32-75-50)45-29-47(63-74-45)73-26-24-65-21-19-64(20-22-65)23-25-72-46-27-37(16-17-58-46)68-38-14-15-39(68)31-66(30-38)43-28-41(61-62-52(43)57)40-7-4-5-9-44(40)69/h4-5,7,9-13,16-17,27-29,32-33,38-39,42,48-49,51,69H,6,8,14-15,18-26,30-31H2,1-3H3,(H2,57,62)(H,60,70)/t38?,39?,42-,48+,49+/m0/s1. The number of phenols is 1. The molecule has 75 heavy (non-hydrogen) atoms. The number of piperazine rings is 2. The number of nitrogen functional groups attached to an aromatic ring is 1. The number of para-hydroxylation sites is 1. The van der Waals surface area contributed by atoms with E-state index in [1.165, 1.54) is 16.2 Å². The number of halogens is 2. The molecule has 0 aliphatic carbocycles. The topological polar surface area (TPSA) is 205 Å². The second-order valence-electron chi connectivity index (χ2n) is 20.1. The van der Waals surface area contributed by atoms with Gasteiger partial charge in [0.2, 0.25) is 17.7 Å². The van der Waals surface area contributed by atoms with Crippen LogP contribution in [-0.2, 0) is 9.59 Å². The van der Waals surface area contributed by atoms with Crippen molar-refractivity contribution >= 4 is 40.3 Å². The molecular formula is C54H64F2N12O6S. The van der Waals surface area contributed by atoms with E-state index in [0.717, 1.165) is 86.2 Å². The summed E-state index contributed by atoms with van der Waals surface area (Å²) in [6.07, 6.45) is 1.99. The maximum absolute atomic E-state index is 14.5. The van der Waals surface area contributed by atoms with Gasteiger partial charge in [0.15, 0.2) is 11.6 Å². The number of hydrogen-bond donors (Lipinski definition) is 3. The highest BCUT2D eigenvalue weighted by atomic mass is 32.1. The van der Waals surface area contributed by atoms with E-state index in [2.05, 4.69) is 56.3 Å². The van der Waals surface area contributed by atoms with Crippen LogP contribution in [0.3, 0.4) is 0 Å². The molecule has 4 aliphatic rings. The lowest BCUT2D eigenvalue weighted by Gasteiger charge is -2.43. The van der Waals surface area contributed by atoms with Crippen LogP contribution in [0.4, 0.5) is 26.0 Å². The van der Waals surface area contributed by atoms with E-state index in [-0.39, 0.29) is 41.1 Å². The number of nitrogens with two attached hydrogens (primary N) is 1. The Morgan fingerprint density at radius 1 is 0.880 bits per heavy atom. The molecule has 18 nitrogen and oxygen atoms in total. The fraction of sp³-hybridized carbons (Fsp3) is 0.463. The SMILES string of the molecule is Cc1ncsc1-c1ccc([C@@H](NC(=O)[C@@H]2CCCN2C(=O)[C@@H](c2cc(OCCN3CCN(CCOc4cc(N5C6CCC5CN(c5cc(-c7ccccc7O)nnc5N)C6)ccn4)CC3)no2)C(C)C)C(F)F)cc1. The van der Waals surface area contributed by atoms with Crippen LogP contribution in [0.25, 0.3) is 21.7 Å². The van der Waals surface area contributed by atoms with Crippen molar-refractivity contribution in [2.75, 3.05) is 87.7 Å². The molecule has 8 heterocycles. The number of fused-ring (bicyclic) bond motifs is 2. The van der Waals surface area contributed by atoms with Gasteiger partial charge in [0.1, 0.15) is 37.0 Å². The minimum atomic E-state index is -2.86. The smallest absolute Gasteiger partial charge is 0.262 e. The van der Waals surface area contributed by atoms with E-state index in [1.54, 1.807) is 48.0 Å². The maximum Gasteiger partial charge on any atom is 0.262 e. The number of nitrogens with one attached hydrogen (secondary N) is 1. The van der Waals surface area contributed by atoms with Crippen molar-refractivity contribution in [1.29, 1.82) is 0 Å². The van der Waals surface area contributed by atoms with E-state index >= 15 is 0 Å². The third-order valence-electron chi connectivity index (χ3n) is 15.0. The number of thiazole rings is 1. The van der Waals surface area contributed by atoms with Crippen LogP contribution in [0, 0.1) is 12.8 Å². The monoisotopic (exact) mass is 1050 g/mol. The molecule has 21 heteroatoms. The number of anilines is 3. The number of aromatic nitrogens is 5. The van der Waals surface area contributed by atoms with Gasteiger partial charge in [-0.05, 0) is 79.1 Å². The second-order valence-corrected chi connectivity index (χ2v) is 21.0. The predicted octanol–water partition coefficient (Wildman–Crippen LogP) is 7.03. The number of ether oxygens (including phenoxy) is 2. The number of rotatable bonds is 19. The number of likely N-dealkylation sites (tertiary alicyclic amines) is 1. The Bertz CT molecular complexity index is 2900. The Kier molecular flexibility index (Phi) is 15.7. The third-order valence-corrected chi connectivity index (χ3v) is 16.0. The molecular weight excluding hydrogens is 983 g/mol. The van der Waals surface area contributed by atoms with Crippen molar-refractivity contribution in [2.45, 2.75) is 83.0 Å². The molecule has 4 saturated heterocycles. The molecule has 2 bridgehead atoms. The zero-order chi connectivity index (χ0) is 52.2. The molecule has 4 fully saturated rings. The number of amides is 2. The first-order chi connectivity index (χ1) is 36.4. The Morgan fingerprint density at radius 3 is 2.25 bits per heavy atom. The highest BCUT2D eigenvalue weighted by Crippen LogP contribution is 2.40. The van der Waals surface area contributed by atoms with Gasteiger partial charge in [0, 0.05) is 101 Å². The van der Waals surface area contributed by atoms with Crippen LogP contribution in [0.1, 0.15) is 68.5 Å². The van der Waals surface area contributed by atoms with Crippen LogP contribution in [0.15, 0.2) is 89.0 Å². The van der Waals surface area contributed by atoms with Crippen molar-refractivity contribution in [3.63, 3.8) is 0 Å². The molecule has 4 aromatic heterocycles. The number of hydrogen-bond acceptors (Lipinski definition) is 17. The van der Waals surface area contributed by atoms with E-state index in [9.17, 15) is 23.5 Å². The highest BCUT2D eigenvalue weighted by Gasteiger charge is 2.43. The average molecular weight is 1050 g/mol. The van der Waals surface area contributed by atoms with Crippen molar-refractivity contribution < 1.29 is 37.5 Å². The second kappa shape index (κ2) is 22.9. The first-order valence-corrected chi connectivity index (χ1v) is 26.7. The van der Waals surface area contributed by atoms with Gasteiger partial charge in [0.05, 0.1) is 27.5 Å². The van der Waals surface area contributed by atoms with Crippen LogP contribution >= 0.6 is 11.3 Å². The molecule has 10 rings (SSSR count). The van der Waals surface area contributed by atoms with Crippen LogP contribution in [0.2, 0.25) is 0 Å². The fourth-order valence-corrected chi connectivity index (χ4v) is 11.9. The van der Waals surface area contributed by atoms with Gasteiger partial charge in [-0.3, -0.25) is 19.4 Å². The van der Waals surface area contributed by atoms with E-state index in [4.69, 9.17) is 19.7 Å². The molecule has 5 atom stereocenters. The van der Waals surface area contributed by atoms with Gasteiger partial charge in [0.25, 0.3) is 12.3 Å². The summed E-state index contributed by atoms with van der Waals surface area (Å²) in [6.45, 7) is 13.4. The van der Waals surface area contributed by atoms with E-state index in [1.807, 2.05) is 51.2 Å². The number of aromatic hydroxyl groups is 1. The van der Waals surface area contributed by atoms with Gasteiger partial charge in [-0.25, -0.2) is 18.7 Å². The largest absolute Gasteiger partial charge is 0.507 e. The Hall–Kier alpha value is -6.97.